The summed E-state index contributed by atoms with van der Waals surface area (Å²) in [5.74, 6) is -0.747. The molecule has 1 unspecified atom stereocenters. The zero-order valence-corrected chi connectivity index (χ0v) is 12.5. The van der Waals surface area contributed by atoms with Gasteiger partial charge < -0.3 is 15.3 Å². The first-order chi connectivity index (χ1) is 9.41. The van der Waals surface area contributed by atoms with Gasteiger partial charge in [0.1, 0.15) is 0 Å². The van der Waals surface area contributed by atoms with Crippen molar-refractivity contribution in [1.82, 2.24) is 10.2 Å². The van der Waals surface area contributed by atoms with Crippen LogP contribution in [0.15, 0.2) is 0 Å². The summed E-state index contributed by atoms with van der Waals surface area (Å²) in [5.41, 5.74) is -0.772. The summed E-state index contributed by atoms with van der Waals surface area (Å²) in [6, 6.07) is 0.304. The standard InChI is InChI=1S/C15H26N2O3/c1-15(2,13(18)19)11-6-5-9-17(10-11)14(20)16-12-7-3-4-8-12/h11-12H,3-10H2,1-2H3,(H,16,20)(H,18,19). The van der Waals surface area contributed by atoms with Gasteiger partial charge in [-0.2, -0.15) is 0 Å². The number of carboxylic acid groups (broad SMARTS) is 1. The highest BCUT2D eigenvalue weighted by Gasteiger charge is 2.40. The predicted molar refractivity (Wildman–Crippen MR) is 76.5 cm³/mol. The van der Waals surface area contributed by atoms with E-state index in [2.05, 4.69) is 5.32 Å². The number of carbonyl (C=O) groups excluding carboxylic acids is 1. The summed E-state index contributed by atoms with van der Waals surface area (Å²) < 4.78 is 0. The van der Waals surface area contributed by atoms with Crippen LogP contribution >= 0.6 is 0 Å². The Balaban J connectivity index is 1.92. The molecule has 2 fully saturated rings. The molecular weight excluding hydrogens is 256 g/mol. The Morgan fingerprint density at radius 1 is 1.15 bits per heavy atom. The number of hydrogen-bond acceptors (Lipinski definition) is 2. The van der Waals surface area contributed by atoms with Crippen LogP contribution < -0.4 is 5.32 Å². The maximum Gasteiger partial charge on any atom is 0.317 e. The van der Waals surface area contributed by atoms with E-state index in [4.69, 9.17) is 0 Å². The summed E-state index contributed by atoms with van der Waals surface area (Å²) >= 11 is 0. The van der Waals surface area contributed by atoms with Gasteiger partial charge in [0, 0.05) is 19.1 Å². The average molecular weight is 282 g/mol. The number of nitrogens with zero attached hydrogens (tertiary/aromatic N) is 1. The molecule has 5 heteroatoms. The largest absolute Gasteiger partial charge is 0.481 e. The van der Waals surface area contributed by atoms with Crippen LogP contribution in [0.3, 0.4) is 0 Å². The average Bonchev–Trinajstić information content (AvgIpc) is 2.91. The zero-order valence-electron chi connectivity index (χ0n) is 12.5. The summed E-state index contributed by atoms with van der Waals surface area (Å²) in [5, 5.41) is 12.4. The lowest BCUT2D eigenvalue weighted by atomic mass is 9.74. The first-order valence-corrected chi connectivity index (χ1v) is 7.70. The van der Waals surface area contributed by atoms with Gasteiger partial charge in [0.25, 0.3) is 0 Å². The highest BCUT2D eigenvalue weighted by Crippen LogP contribution is 2.34. The molecule has 0 spiro atoms. The van der Waals surface area contributed by atoms with Crippen molar-refractivity contribution < 1.29 is 14.7 Å². The molecule has 0 aromatic carbocycles. The number of aliphatic carboxylic acids is 1. The van der Waals surface area contributed by atoms with Crippen molar-refractivity contribution in [3.05, 3.63) is 0 Å². The van der Waals surface area contributed by atoms with Gasteiger partial charge >= 0.3 is 12.0 Å². The SMILES string of the molecule is CC(C)(C(=O)O)C1CCCN(C(=O)NC2CCCC2)C1. The van der Waals surface area contributed by atoms with Crippen LogP contribution in [0.2, 0.25) is 0 Å². The number of hydrogen-bond donors (Lipinski definition) is 2. The van der Waals surface area contributed by atoms with Crippen molar-refractivity contribution in [1.29, 1.82) is 0 Å². The second-order valence-corrected chi connectivity index (χ2v) is 6.74. The minimum Gasteiger partial charge on any atom is -0.481 e. The number of amides is 2. The van der Waals surface area contributed by atoms with Gasteiger partial charge in [-0.05, 0) is 45.4 Å². The lowest BCUT2D eigenvalue weighted by molar-refractivity contribution is -0.151. The van der Waals surface area contributed by atoms with Crippen molar-refractivity contribution in [2.45, 2.75) is 58.4 Å². The smallest absolute Gasteiger partial charge is 0.317 e. The number of likely N-dealkylation sites (tertiary alicyclic amines) is 1. The highest BCUT2D eigenvalue weighted by molar-refractivity contribution is 5.76. The number of rotatable bonds is 3. The second kappa shape index (κ2) is 6.02. The Labute approximate surface area is 120 Å². The third kappa shape index (κ3) is 3.25. The molecule has 2 amide bonds. The van der Waals surface area contributed by atoms with Gasteiger partial charge in [0.2, 0.25) is 0 Å². The van der Waals surface area contributed by atoms with Crippen molar-refractivity contribution in [3.63, 3.8) is 0 Å². The van der Waals surface area contributed by atoms with Crippen LogP contribution in [0.5, 0.6) is 0 Å². The molecule has 2 N–H and O–H groups in total. The summed E-state index contributed by atoms with van der Waals surface area (Å²) in [4.78, 5) is 25.4. The second-order valence-electron chi connectivity index (χ2n) is 6.74. The van der Waals surface area contributed by atoms with E-state index < -0.39 is 11.4 Å². The van der Waals surface area contributed by atoms with Gasteiger partial charge in [0.05, 0.1) is 5.41 Å². The molecule has 20 heavy (non-hydrogen) atoms. The third-order valence-corrected chi connectivity index (χ3v) is 4.96. The van der Waals surface area contributed by atoms with Crippen LogP contribution in [0.25, 0.3) is 0 Å². The van der Waals surface area contributed by atoms with Gasteiger partial charge in [-0.3, -0.25) is 4.79 Å². The lowest BCUT2D eigenvalue weighted by Gasteiger charge is -2.39. The molecule has 114 valence electrons. The molecule has 1 saturated heterocycles. The summed E-state index contributed by atoms with van der Waals surface area (Å²) in [7, 11) is 0. The van der Waals surface area contributed by atoms with Crippen molar-refractivity contribution in [3.8, 4) is 0 Å². The lowest BCUT2D eigenvalue weighted by Crippen LogP contribution is -2.51. The van der Waals surface area contributed by atoms with Crippen LogP contribution in [-0.2, 0) is 4.79 Å². The first-order valence-electron chi connectivity index (χ1n) is 7.70. The maximum atomic E-state index is 12.3. The molecule has 2 rings (SSSR count). The van der Waals surface area contributed by atoms with Crippen molar-refractivity contribution in [2.24, 2.45) is 11.3 Å². The molecule has 0 aromatic rings. The van der Waals surface area contributed by atoms with E-state index in [0.717, 1.165) is 32.2 Å². The molecule has 1 aliphatic carbocycles. The molecule has 0 radical (unpaired) electrons. The molecule has 1 aliphatic heterocycles. The topological polar surface area (TPSA) is 69.6 Å². The maximum absolute atomic E-state index is 12.3. The van der Waals surface area contributed by atoms with Gasteiger partial charge in [-0.15, -0.1) is 0 Å². The molecule has 5 nitrogen and oxygen atoms in total. The molecule has 1 saturated carbocycles. The number of carboxylic acids is 1. The fraction of sp³-hybridized carbons (Fsp3) is 0.867. The molecule has 0 aromatic heterocycles. The summed E-state index contributed by atoms with van der Waals surface area (Å²) in [6.07, 6.45) is 6.30. The zero-order chi connectivity index (χ0) is 14.8. The Bertz CT molecular complexity index is 375. The quantitative estimate of drug-likeness (QED) is 0.835. The van der Waals surface area contributed by atoms with Gasteiger partial charge in [0.15, 0.2) is 0 Å². The number of urea groups is 1. The van der Waals surface area contributed by atoms with Crippen LogP contribution in [0, 0.1) is 11.3 Å². The third-order valence-electron chi connectivity index (χ3n) is 4.96. The van der Waals surface area contributed by atoms with Crippen molar-refractivity contribution in [2.75, 3.05) is 13.1 Å². The molecule has 2 aliphatic rings. The van der Waals surface area contributed by atoms with E-state index in [1.807, 2.05) is 0 Å². The minimum absolute atomic E-state index is 0.0113. The molecule has 1 atom stereocenters. The summed E-state index contributed by atoms with van der Waals surface area (Å²) in [6.45, 7) is 4.82. The van der Waals surface area contributed by atoms with E-state index in [9.17, 15) is 14.7 Å². The van der Waals surface area contributed by atoms with E-state index >= 15 is 0 Å². The fourth-order valence-electron chi connectivity index (χ4n) is 3.26. The number of piperidine rings is 1. The Morgan fingerprint density at radius 2 is 1.80 bits per heavy atom. The van der Waals surface area contributed by atoms with Crippen LogP contribution in [-0.4, -0.2) is 41.1 Å². The molecular formula is C15H26N2O3. The molecule has 1 heterocycles. The minimum atomic E-state index is -0.777. The normalized spacial score (nSPS) is 24.7. The van der Waals surface area contributed by atoms with Crippen molar-refractivity contribution >= 4 is 12.0 Å². The van der Waals surface area contributed by atoms with E-state index in [1.165, 1.54) is 12.8 Å². The van der Waals surface area contributed by atoms with Crippen LogP contribution in [0.1, 0.15) is 52.4 Å². The van der Waals surface area contributed by atoms with Gasteiger partial charge in [-0.25, -0.2) is 4.79 Å². The monoisotopic (exact) mass is 282 g/mol. The number of nitrogens with one attached hydrogen (secondary N) is 1. The predicted octanol–water partition coefficient (Wildman–Crippen LogP) is 2.46. The Morgan fingerprint density at radius 3 is 2.40 bits per heavy atom. The Hall–Kier alpha value is -1.26. The number of carbonyl (C=O) groups is 2. The van der Waals surface area contributed by atoms with E-state index in [0.29, 0.717) is 12.6 Å². The molecule has 0 bridgehead atoms. The highest BCUT2D eigenvalue weighted by atomic mass is 16.4. The van der Waals surface area contributed by atoms with E-state index in [-0.39, 0.29) is 11.9 Å². The Kier molecular flexibility index (Phi) is 4.55. The van der Waals surface area contributed by atoms with Crippen LogP contribution in [0.4, 0.5) is 4.79 Å². The first kappa shape index (κ1) is 15.1. The van der Waals surface area contributed by atoms with E-state index in [1.54, 1.807) is 18.7 Å². The fourth-order valence-corrected chi connectivity index (χ4v) is 3.26. The van der Waals surface area contributed by atoms with Gasteiger partial charge in [-0.1, -0.05) is 12.8 Å².